The minimum atomic E-state index is -3.70. The molecule has 3 aromatic heterocycles. The lowest BCUT2D eigenvalue weighted by molar-refractivity contribution is -0.135. The molecule has 0 bridgehead atoms. The summed E-state index contributed by atoms with van der Waals surface area (Å²) in [5, 5.41) is 0.436. The first-order valence-corrected chi connectivity index (χ1v) is 35.1. The standard InChI is InChI=1S/C29H27ClN2O3.C28H28N2O4S.C26H30N2O3/c1-34-28-18-24(13-14-27(28)35-21-23-8-3-2-4-9-23)20-32(17-15-22-10-7-16-31-19-22)29(33)25-11-5-6-12-26(25)30;1-33-28-20-25(12-13-27(28)34-22-24-8-4-2-5-9-24)21-30(19-16-23-14-17-29-18-15-23)35(31,32)26-10-6-3-7-11-26;1-20(2)26(29)28(16-13-21-11-14-27-15-12-21)18-23-9-10-24(25(17-23)30-3)31-19-22-7-5-4-6-8-22/h2-14,16,18-19H,15,17,20-21H2,1H3;2-15,17-18,20H,16,19,21-22H2,1H3;4-12,14-15,17,20H,13,16,18-19H2,1-3H3. The van der Waals surface area contributed by atoms with Crippen LogP contribution in [0.5, 0.6) is 34.5 Å². The molecule has 0 spiro atoms. The minimum absolute atomic E-state index is 0.0622. The number of benzene rings is 8. The van der Waals surface area contributed by atoms with Gasteiger partial charge in [-0.3, -0.25) is 24.5 Å². The van der Waals surface area contributed by atoms with Crippen molar-refractivity contribution >= 4 is 33.4 Å². The Balaban J connectivity index is 0.000000177. The summed E-state index contributed by atoms with van der Waals surface area (Å²) in [6.07, 6.45) is 12.6. The number of hydrogen-bond acceptors (Lipinski definition) is 13. The van der Waals surface area contributed by atoms with Gasteiger partial charge in [0.2, 0.25) is 15.9 Å². The largest absolute Gasteiger partial charge is 0.493 e. The summed E-state index contributed by atoms with van der Waals surface area (Å²) >= 11 is 6.34. The quantitative estimate of drug-likeness (QED) is 0.0402. The number of sulfonamides is 1. The van der Waals surface area contributed by atoms with E-state index in [2.05, 4.69) is 15.0 Å². The fourth-order valence-electron chi connectivity index (χ4n) is 10.8. The summed E-state index contributed by atoms with van der Waals surface area (Å²) in [6.45, 7) is 7.83. The van der Waals surface area contributed by atoms with Gasteiger partial charge >= 0.3 is 0 Å². The number of pyridine rings is 3. The Morgan fingerprint density at radius 1 is 0.396 bits per heavy atom. The number of carbonyl (C=O) groups is 2. The molecule has 0 fully saturated rings. The van der Waals surface area contributed by atoms with Crippen molar-refractivity contribution in [3.63, 3.8) is 0 Å². The number of amides is 2. The molecule has 3 heterocycles. The molecular weight excluding hydrogens is 1310 g/mol. The minimum Gasteiger partial charge on any atom is -0.493 e. The van der Waals surface area contributed by atoms with Crippen molar-refractivity contribution in [2.24, 2.45) is 5.92 Å². The summed E-state index contributed by atoms with van der Waals surface area (Å²) in [5.41, 5.74) is 9.70. The molecule has 0 aliphatic rings. The van der Waals surface area contributed by atoms with Gasteiger partial charge in [-0.05, 0) is 160 Å². The van der Waals surface area contributed by atoms with Crippen LogP contribution in [0.25, 0.3) is 0 Å². The molecule has 0 saturated carbocycles. The third-order valence-corrected chi connectivity index (χ3v) is 18.5. The molecule has 520 valence electrons. The summed E-state index contributed by atoms with van der Waals surface area (Å²) in [5.74, 6) is 3.75. The van der Waals surface area contributed by atoms with E-state index in [1.54, 1.807) is 99.7 Å². The highest BCUT2D eigenvalue weighted by Crippen LogP contribution is 2.33. The van der Waals surface area contributed by atoms with Gasteiger partial charge in [-0.25, -0.2) is 8.42 Å². The zero-order chi connectivity index (χ0) is 71.0. The molecule has 11 rings (SSSR count). The average molecular weight is 1390 g/mol. The predicted octanol–water partition coefficient (Wildman–Crippen LogP) is 16.2. The second-order valence-electron chi connectivity index (χ2n) is 23.9. The van der Waals surface area contributed by atoms with E-state index in [9.17, 15) is 18.0 Å². The van der Waals surface area contributed by atoms with Gasteiger partial charge < -0.3 is 38.2 Å². The maximum absolute atomic E-state index is 13.5. The Bertz CT molecular complexity index is 4420. The fourth-order valence-corrected chi connectivity index (χ4v) is 12.4. The van der Waals surface area contributed by atoms with E-state index in [0.717, 1.165) is 50.9 Å². The Labute approximate surface area is 598 Å². The number of nitrogens with zero attached hydrogens (tertiary/aromatic N) is 6. The molecule has 16 nitrogen and oxygen atoms in total. The van der Waals surface area contributed by atoms with Crippen molar-refractivity contribution < 1.29 is 46.4 Å². The van der Waals surface area contributed by atoms with Crippen LogP contribution in [0.15, 0.2) is 279 Å². The summed E-state index contributed by atoms with van der Waals surface area (Å²) in [6, 6.07) is 74.3. The number of rotatable bonds is 31. The molecule has 0 atom stereocenters. The number of aromatic nitrogens is 3. The predicted molar refractivity (Wildman–Crippen MR) is 396 cm³/mol. The highest BCUT2D eigenvalue weighted by molar-refractivity contribution is 7.89. The van der Waals surface area contributed by atoms with Crippen molar-refractivity contribution in [2.45, 2.75) is 77.5 Å². The van der Waals surface area contributed by atoms with Crippen LogP contribution in [0.3, 0.4) is 0 Å². The molecule has 0 N–H and O–H groups in total. The molecule has 0 aliphatic carbocycles. The molecule has 0 unspecified atom stereocenters. The number of hydrogen-bond donors (Lipinski definition) is 0. The highest BCUT2D eigenvalue weighted by Gasteiger charge is 2.26. The Morgan fingerprint density at radius 2 is 0.792 bits per heavy atom. The van der Waals surface area contributed by atoms with Crippen LogP contribution in [0.4, 0.5) is 0 Å². The van der Waals surface area contributed by atoms with E-state index in [1.165, 1.54) is 9.87 Å². The van der Waals surface area contributed by atoms with E-state index in [-0.39, 0.29) is 29.2 Å². The summed E-state index contributed by atoms with van der Waals surface area (Å²) in [7, 11) is 1.13. The maximum atomic E-state index is 13.5. The smallest absolute Gasteiger partial charge is 0.255 e. The monoisotopic (exact) mass is 1390 g/mol. The lowest BCUT2D eigenvalue weighted by Gasteiger charge is -2.25. The molecule has 18 heteroatoms. The van der Waals surface area contributed by atoms with Crippen LogP contribution < -0.4 is 28.4 Å². The van der Waals surface area contributed by atoms with Crippen LogP contribution in [-0.4, -0.2) is 90.3 Å². The van der Waals surface area contributed by atoms with Crippen LogP contribution in [0.2, 0.25) is 5.02 Å². The fraction of sp³-hybridized carbons (Fsp3) is 0.217. The van der Waals surface area contributed by atoms with Gasteiger partial charge in [0.1, 0.15) is 19.8 Å². The maximum Gasteiger partial charge on any atom is 0.255 e. The highest BCUT2D eigenvalue weighted by atomic mass is 35.5. The van der Waals surface area contributed by atoms with Gasteiger partial charge in [0.05, 0.1) is 36.8 Å². The van der Waals surface area contributed by atoms with Gasteiger partial charge in [-0.2, -0.15) is 4.31 Å². The summed E-state index contributed by atoms with van der Waals surface area (Å²) < 4.78 is 63.1. The van der Waals surface area contributed by atoms with Crippen LogP contribution in [-0.2, 0) is 73.5 Å². The Morgan fingerprint density at radius 3 is 1.23 bits per heavy atom. The number of carbonyl (C=O) groups excluding carboxylic acids is 2. The van der Waals surface area contributed by atoms with Crippen molar-refractivity contribution in [1.29, 1.82) is 0 Å². The molecule has 0 aliphatic heterocycles. The lowest BCUT2D eigenvalue weighted by Crippen LogP contribution is -2.35. The molecule has 0 saturated heterocycles. The first-order valence-electron chi connectivity index (χ1n) is 33.3. The number of halogens is 1. The molecular formula is C83H85ClN6O10S. The van der Waals surface area contributed by atoms with E-state index >= 15 is 0 Å². The second kappa shape index (κ2) is 39.1. The first-order chi connectivity index (χ1) is 49.3. The Hall–Kier alpha value is -10.9. The van der Waals surface area contributed by atoms with Gasteiger partial charge in [0, 0.05) is 82.4 Å². The zero-order valence-corrected chi connectivity index (χ0v) is 59.2. The van der Waals surface area contributed by atoms with Gasteiger partial charge in [-0.15, -0.1) is 0 Å². The van der Waals surface area contributed by atoms with E-state index in [4.69, 9.17) is 40.0 Å². The van der Waals surface area contributed by atoms with Gasteiger partial charge in [0.25, 0.3) is 5.91 Å². The van der Waals surface area contributed by atoms with Crippen molar-refractivity contribution in [3.8, 4) is 34.5 Å². The van der Waals surface area contributed by atoms with Crippen LogP contribution in [0, 0.1) is 5.92 Å². The van der Waals surface area contributed by atoms with Crippen LogP contribution in [0.1, 0.15) is 74.3 Å². The molecule has 8 aromatic carbocycles. The number of ether oxygens (including phenoxy) is 6. The molecule has 11 aromatic rings. The van der Waals surface area contributed by atoms with Gasteiger partial charge in [0.15, 0.2) is 34.5 Å². The van der Waals surface area contributed by atoms with Crippen LogP contribution >= 0.6 is 11.6 Å². The molecule has 101 heavy (non-hydrogen) atoms. The second-order valence-corrected chi connectivity index (χ2v) is 26.2. The first kappa shape index (κ1) is 74.4. The van der Waals surface area contributed by atoms with Crippen molar-refractivity contribution in [3.05, 3.63) is 334 Å². The average Bonchev–Trinajstić information content (AvgIpc) is 0.824. The number of methoxy groups -OCH3 is 3. The third-order valence-electron chi connectivity index (χ3n) is 16.3. The summed E-state index contributed by atoms with van der Waals surface area (Å²) in [4.78, 5) is 42.5. The SMILES string of the molecule is COc1cc(CN(CCc2cccnc2)C(=O)c2ccccc2Cl)ccc1OCc1ccccc1.COc1cc(CN(CCc2ccncc2)C(=O)C(C)C)ccc1OCc1ccccc1.COc1cc(CN(CCc2ccncc2)S(=O)(=O)c2ccccc2)ccc1OCc1ccccc1. The topological polar surface area (TPSA) is 172 Å². The van der Waals surface area contributed by atoms with E-state index in [1.807, 2.05) is 219 Å². The van der Waals surface area contributed by atoms with Crippen molar-refractivity contribution in [2.75, 3.05) is 41.0 Å². The van der Waals surface area contributed by atoms with E-state index < -0.39 is 10.0 Å². The molecule has 0 radical (unpaired) electrons. The lowest BCUT2D eigenvalue weighted by atomic mass is 10.1. The van der Waals surface area contributed by atoms with Gasteiger partial charge in [-0.1, -0.05) is 171 Å². The molecule has 2 amide bonds. The normalized spacial score (nSPS) is 10.9. The zero-order valence-electron chi connectivity index (χ0n) is 57.6. The van der Waals surface area contributed by atoms with Crippen molar-refractivity contribution in [1.82, 2.24) is 29.1 Å². The third kappa shape index (κ3) is 23.1. The Kier molecular flexibility index (Phi) is 28.8. The van der Waals surface area contributed by atoms with E-state index in [0.29, 0.717) is 110 Å².